The predicted octanol–water partition coefficient (Wildman–Crippen LogP) is 2.31. The van der Waals surface area contributed by atoms with Gasteiger partial charge in [0, 0.05) is 25.2 Å². The van der Waals surface area contributed by atoms with Crippen molar-refractivity contribution in [1.82, 2.24) is 4.90 Å². The van der Waals surface area contributed by atoms with Gasteiger partial charge in [-0.1, -0.05) is 0 Å². The fraction of sp³-hybridized carbons (Fsp3) is 0.533. The number of carboxylic acid groups (broad SMARTS) is 1. The molecule has 1 amide bonds. The minimum Gasteiger partial charge on any atom is -0.486 e. The van der Waals surface area contributed by atoms with Gasteiger partial charge in [0.15, 0.2) is 17.2 Å². The molecule has 2 aliphatic heterocycles. The number of amides is 1. The lowest BCUT2D eigenvalue weighted by molar-refractivity contribution is -0.384. The van der Waals surface area contributed by atoms with E-state index in [1.807, 2.05) is 0 Å². The summed E-state index contributed by atoms with van der Waals surface area (Å²) in [6, 6.07) is 2.68. The van der Waals surface area contributed by atoms with Gasteiger partial charge in [-0.05, 0) is 25.3 Å². The van der Waals surface area contributed by atoms with Gasteiger partial charge in [-0.15, -0.1) is 0 Å². The molecule has 2 aliphatic rings. The van der Waals surface area contributed by atoms with E-state index < -0.39 is 11.0 Å². The van der Waals surface area contributed by atoms with Crippen LogP contribution in [0.1, 0.15) is 19.3 Å². The van der Waals surface area contributed by atoms with E-state index in [0.29, 0.717) is 31.3 Å². The van der Waals surface area contributed by atoms with E-state index in [1.165, 1.54) is 17.0 Å². The Morgan fingerprint density at radius 3 is 2.88 bits per heavy atom. The van der Waals surface area contributed by atoms with Crippen molar-refractivity contribution in [2.24, 2.45) is 0 Å². The summed E-state index contributed by atoms with van der Waals surface area (Å²) in [6.45, 7) is 1.45. The van der Waals surface area contributed by atoms with Crippen molar-refractivity contribution >= 4 is 17.5 Å². The van der Waals surface area contributed by atoms with Gasteiger partial charge in [-0.3, -0.25) is 10.1 Å². The summed E-state index contributed by atoms with van der Waals surface area (Å²) in [6.07, 6.45) is 1.37. The summed E-state index contributed by atoms with van der Waals surface area (Å²) >= 11 is 0. The van der Waals surface area contributed by atoms with Crippen LogP contribution in [0, 0.1) is 10.1 Å². The summed E-state index contributed by atoms with van der Waals surface area (Å²) in [5, 5.41) is 23.7. The Hall–Kier alpha value is -2.71. The first-order chi connectivity index (χ1) is 11.6. The van der Waals surface area contributed by atoms with E-state index in [-0.39, 0.29) is 24.0 Å². The molecule has 0 bridgehead atoms. The Balaban J connectivity index is 1.90. The second-order valence-corrected chi connectivity index (χ2v) is 5.81. The Kier molecular flexibility index (Phi) is 4.59. The van der Waals surface area contributed by atoms with Crippen molar-refractivity contribution in [3.63, 3.8) is 0 Å². The van der Waals surface area contributed by atoms with Crippen LogP contribution in [0.2, 0.25) is 0 Å². The molecule has 0 aromatic heterocycles. The average Bonchev–Trinajstić information content (AvgIpc) is 2.80. The van der Waals surface area contributed by atoms with Gasteiger partial charge in [-0.25, -0.2) is 4.79 Å². The van der Waals surface area contributed by atoms with Crippen molar-refractivity contribution in [3.05, 3.63) is 22.2 Å². The lowest BCUT2D eigenvalue weighted by Gasteiger charge is -2.26. The number of carbonyl (C=O) groups is 1. The molecule has 1 atom stereocenters. The van der Waals surface area contributed by atoms with E-state index in [4.69, 9.17) is 9.47 Å². The number of nitro benzene ring substituents is 1. The molecule has 0 aliphatic carbocycles. The predicted molar refractivity (Wildman–Crippen MR) is 84.9 cm³/mol. The van der Waals surface area contributed by atoms with Crippen LogP contribution in [0.15, 0.2) is 12.1 Å². The molecule has 2 N–H and O–H groups in total. The molecule has 0 radical (unpaired) electrons. The second kappa shape index (κ2) is 6.81. The number of nitrogens with one attached hydrogen (secondary N) is 1. The van der Waals surface area contributed by atoms with Crippen molar-refractivity contribution in [3.8, 4) is 11.5 Å². The second-order valence-electron chi connectivity index (χ2n) is 5.81. The fourth-order valence-corrected chi connectivity index (χ4v) is 3.03. The first kappa shape index (κ1) is 16.2. The quantitative estimate of drug-likeness (QED) is 0.642. The molecule has 0 spiro atoms. The third-order valence-corrected chi connectivity index (χ3v) is 4.17. The highest BCUT2D eigenvalue weighted by Crippen LogP contribution is 2.44. The van der Waals surface area contributed by atoms with Crippen LogP contribution in [-0.2, 0) is 0 Å². The minimum atomic E-state index is -0.979. The van der Waals surface area contributed by atoms with Crippen LogP contribution in [0.4, 0.5) is 16.2 Å². The van der Waals surface area contributed by atoms with Crippen molar-refractivity contribution in [2.45, 2.75) is 25.3 Å². The highest BCUT2D eigenvalue weighted by Gasteiger charge is 2.29. The average molecular weight is 337 g/mol. The highest BCUT2D eigenvalue weighted by atomic mass is 16.6. The number of fused-ring (bicyclic) bond motifs is 1. The molecular formula is C15H19N3O6. The number of hydrogen-bond donors (Lipinski definition) is 2. The standard InChI is InChI=1S/C15H19N3O6/c19-15(20)17-6-2-1-3-10(9-17)16-13-11(18(21)22)4-5-12-14(13)24-8-7-23-12/h4-5,10,16H,1-3,6-9H2,(H,19,20). The number of anilines is 1. The van der Waals surface area contributed by atoms with Gasteiger partial charge in [0.25, 0.3) is 5.69 Å². The Bertz CT molecular complexity index is 650. The normalized spacial score (nSPS) is 20.2. The zero-order valence-corrected chi connectivity index (χ0v) is 13.1. The molecule has 9 heteroatoms. The Morgan fingerprint density at radius 2 is 2.12 bits per heavy atom. The molecule has 1 fully saturated rings. The third-order valence-electron chi connectivity index (χ3n) is 4.17. The largest absolute Gasteiger partial charge is 0.486 e. The van der Waals surface area contributed by atoms with Gasteiger partial charge in [0.05, 0.1) is 4.92 Å². The molecule has 1 unspecified atom stereocenters. The van der Waals surface area contributed by atoms with Crippen LogP contribution in [0.3, 0.4) is 0 Å². The summed E-state index contributed by atoms with van der Waals surface area (Å²) in [5.74, 6) is 0.777. The molecule has 24 heavy (non-hydrogen) atoms. The molecule has 0 saturated carbocycles. The molecule has 2 heterocycles. The maximum Gasteiger partial charge on any atom is 0.407 e. The van der Waals surface area contributed by atoms with E-state index in [9.17, 15) is 20.0 Å². The number of ether oxygens (including phenoxy) is 2. The summed E-state index contributed by atoms with van der Waals surface area (Å²) < 4.78 is 11.1. The van der Waals surface area contributed by atoms with Gasteiger partial charge in [0.2, 0.25) is 0 Å². The highest BCUT2D eigenvalue weighted by molar-refractivity contribution is 5.75. The number of benzene rings is 1. The number of nitro groups is 1. The first-order valence-electron chi connectivity index (χ1n) is 7.87. The van der Waals surface area contributed by atoms with Gasteiger partial charge in [-0.2, -0.15) is 0 Å². The molecule has 3 rings (SSSR count). The smallest absolute Gasteiger partial charge is 0.407 e. The summed E-state index contributed by atoms with van der Waals surface area (Å²) in [4.78, 5) is 23.5. The van der Waals surface area contributed by atoms with Crippen LogP contribution in [0.25, 0.3) is 0 Å². The minimum absolute atomic E-state index is 0.106. The zero-order chi connectivity index (χ0) is 17.1. The van der Waals surface area contributed by atoms with E-state index >= 15 is 0 Å². The van der Waals surface area contributed by atoms with Crippen LogP contribution in [0.5, 0.6) is 11.5 Å². The lowest BCUT2D eigenvalue weighted by atomic mass is 10.1. The summed E-state index contributed by atoms with van der Waals surface area (Å²) in [5.41, 5.74) is 0.153. The van der Waals surface area contributed by atoms with Gasteiger partial charge >= 0.3 is 6.09 Å². The van der Waals surface area contributed by atoms with E-state index in [1.54, 1.807) is 0 Å². The Morgan fingerprint density at radius 1 is 1.33 bits per heavy atom. The Labute approximate surface area is 138 Å². The van der Waals surface area contributed by atoms with Crippen LogP contribution < -0.4 is 14.8 Å². The zero-order valence-electron chi connectivity index (χ0n) is 13.1. The van der Waals surface area contributed by atoms with Crippen LogP contribution in [-0.4, -0.2) is 53.4 Å². The molecule has 9 nitrogen and oxygen atoms in total. The van der Waals surface area contributed by atoms with Gasteiger partial charge in [0.1, 0.15) is 13.2 Å². The number of likely N-dealkylation sites (tertiary alicyclic amines) is 1. The van der Waals surface area contributed by atoms with Crippen molar-refractivity contribution in [1.29, 1.82) is 0 Å². The fourth-order valence-electron chi connectivity index (χ4n) is 3.03. The van der Waals surface area contributed by atoms with Crippen LogP contribution >= 0.6 is 0 Å². The van der Waals surface area contributed by atoms with Gasteiger partial charge < -0.3 is 24.8 Å². The molecular weight excluding hydrogens is 318 g/mol. The van der Waals surface area contributed by atoms with E-state index in [0.717, 1.165) is 19.3 Å². The third kappa shape index (κ3) is 3.29. The van der Waals surface area contributed by atoms with Crippen molar-refractivity contribution in [2.75, 3.05) is 31.6 Å². The number of nitrogens with zero attached hydrogens (tertiary/aromatic N) is 2. The molecule has 1 saturated heterocycles. The summed E-state index contributed by atoms with van der Waals surface area (Å²) in [7, 11) is 0. The first-order valence-corrected chi connectivity index (χ1v) is 7.87. The number of hydrogen-bond acceptors (Lipinski definition) is 6. The maximum atomic E-state index is 11.4. The lowest BCUT2D eigenvalue weighted by Crippen LogP contribution is -2.38. The van der Waals surface area contributed by atoms with E-state index in [2.05, 4.69) is 5.32 Å². The van der Waals surface area contributed by atoms with Crippen molar-refractivity contribution < 1.29 is 24.3 Å². The monoisotopic (exact) mass is 337 g/mol. The molecule has 130 valence electrons. The molecule has 1 aromatic rings. The maximum absolute atomic E-state index is 11.4. The molecule has 1 aromatic carbocycles. The number of rotatable bonds is 3. The SMILES string of the molecule is O=C(O)N1CCCCC(Nc2c([N+](=O)[O-])ccc3c2OCCO3)C1. The topological polar surface area (TPSA) is 114 Å².